The van der Waals surface area contributed by atoms with E-state index >= 15 is 0 Å². The van der Waals surface area contributed by atoms with Crippen molar-refractivity contribution in [3.63, 3.8) is 0 Å². The first-order chi connectivity index (χ1) is 14.7. The Kier molecular flexibility index (Phi) is 6.42. The lowest BCUT2D eigenvalue weighted by Gasteiger charge is -2.18. The molecule has 31 heavy (non-hydrogen) atoms. The quantitative estimate of drug-likeness (QED) is 0.595. The summed E-state index contributed by atoms with van der Waals surface area (Å²) >= 11 is 0. The molecule has 2 N–H and O–H groups in total. The number of alkyl halides is 3. The Hall–Kier alpha value is -3.63. The van der Waals surface area contributed by atoms with E-state index in [1.807, 2.05) is 0 Å². The van der Waals surface area contributed by atoms with Crippen LogP contribution in [0.4, 0.5) is 13.2 Å². The van der Waals surface area contributed by atoms with Crippen LogP contribution in [0.2, 0.25) is 0 Å². The lowest BCUT2D eigenvalue weighted by Crippen LogP contribution is -2.32. The fourth-order valence-corrected chi connectivity index (χ4v) is 3.00. The Morgan fingerprint density at radius 2 is 1.84 bits per heavy atom. The average molecular weight is 435 g/mol. The smallest absolute Gasteiger partial charge is 0.417 e. The molecular weight excluding hydrogens is 415 g/mol. The summed E-state index contributed by atoms with van der Waals surface area (Å²) in [5, 5.41) is 13.0. The van der Waals surface area contributed by atoms with Gasteiger partial charge in [-0.15, -0.1) is 10.2 Å². The second kappa shape index (κ2) is 9.02. The molecule has 0 fully saturated rings. The molecule has 1 atom stereocenters. The monoisotopic (exact) mass is 435 g/mol. The van der Waals surface area contributed by atoms with Gasteiger partial charge in [-0.2, -0.15) is 13.2 Å². The lowest BCUT2D eigenvalue weighted by molar-refractivity contribution is -0.138. The van der Waals surface area contributed by atoms with Crippen molar-refractivity contribution in [3.8, 4) is 5.75 Å². The van der Waals surface area contributed by atoms with Gasteiger partial charge in [-0.1, -0.05) is 12.1 Å². The van der Waals surface area contributed by atoms with E-state index < -0.39 is 23.7 Å². The van der Waals surface area contributed by atoms with Crippen molar-refractivity contribution in [1.82, 2.24) is 25.2 Å². The molecule has 0 aliphatic rings. The minimum Gasteiger partial charge on any atom is -0.497 e. The first kappa shape index (κ1) is 22.1. The molecule has 8 nitrogen and oxygen atoms in total. The van der Waals surface area contributed by atoms with Crippen molar-refractivity contribution in [1.29, 1.82) is 0 Å². The highest BCUT2D eigenvalue weighted by Gasteiger charge is 2.31. The number of nitrogens with zero attached hydrogens (tertiary/aromatic N) is 3. The van der Waals surface area contributed by atoms with Crippen LogP contribution in [-0.2, 0) is 22.3 Å². The van der Waals surface area contributed by atoms with Crippen molar-refractivity contribution in [2.75, 3.05) is 7.11 Å². The Bertz CT molecular complexity index is 1080. The van der Waals surface area contributed by atoms with Gasteiger partial charge in [-0.25, -0.2) is 0 Å². The second-order valence-electron chi connectivity index (χ2n) is 6.77. The summed E-state index contributed by atoms with van der Waals surface area (Å²) in [6, 6.07) is 8.42. The first-order valence-corrected chi connectivity index (χ1v) is 9.26. The molecule has 0 aliphatic heterocycles. The molecule has 164 valence electrons. The zero-order valence-corrected chi connectivity index (χ0v) is 16.7. The Balaban J connectivity index is 1.70. The van der Waals surface area contributed by atoms with Gasteiger partial charge in [0, 0.05) is 13.1 Å². The Morgan fingerprint density at radius 1 is 1.13 bits per heavy atom. The maximum atomic E-state index is 13.0. The van der Waals surface area contributed by atoms with E-state index in [9.17, 15) is 22.8 Å². The largest absolute Gasteiger partial charge is 0.497 e. The number of pyridine rings is 1. The van der Waals surface area contributed by atoms with Crippen molar-refractivity contribution < 1.29 is 27.5 Å². The van der Waals surface area contributed by atoms with E-state index in [-0.39, 0.29) is 30.3 Å². The summed E-state index contributed by atoms with van der Waals surface area (Å²) in [5.41, 5.74) is 0.0816. The summed E-state index contributed by atoms with van der Waals surface area (Å²) in [4.78, 5) is 24.0. The molecule has 0 aliphatic carbocycles. The molecule has 2 heterocycles. The maximum absolute atomic E-state index is 13.0. The topological polar surface area (TPSA) is 97.6 Å². The third kappa shape index (κ3) is 5.50. The average Bonchev–Trinajstić information content (AvgIpc) is 3.13. The number of ether oxygens (including phenoxy) is 1. The molecular formula is C20H20F3N5O3. The number of halogens is 3. The van der Waals surface area contributed by atoms with Crippen molar-refractivity contribution in [3.05, 3.63) is 59.5 Å². The number of carbonyl (C=O) groups excluding carboxylic acids is 2. The van der Waals surface area contributed by atoms with Crippen LogP contribution in [0, 0.1) is 0 Å². The number of benzene rings is 1. The minimum atomic E-state index is -4.51. The first-order valence-electron chi connectivity index (χ1n) is 9.26. The molecule has 11 heteroatoms. The van der Waals surface area contributed by atoms with Gasteiger partial charge in [-0.05, 0) is 29.8 Å². The maximum Gasteiger partial charge on any atom is 0.417 e. The molecule has 0 radical (unpaired) electrons. The predicted molar refractivity (Wildman–Crippen MR) is 104 cm³/mol. The van der Waals surface area contributed by atoms with Gasteiger partial charge >= 0.3 is 6.18 Å². The van der Waals surface area contributed by atoms with E-state index in [1.165, 1.54) is 24.5 Å². The Labute approximate surface area is 175 Å². The van der Waals surface area contributed by atoms with Gasteiger partial charge in [-0.3, -0.25) is 14.0 Å². The standard InChI is InChI=1S/C20H20F3N5O3/c1-12(29)25-16(13-3-6-15(31-2)7-4-13)9-19(30)24-10-18-27-26-17-8-5-14(11-28(17)18)20(21,22)23/h3-8,11,16H,9-10H2,1-2H3,(H,24,30)(H,25,29)/t16-/m0/s1. The number of hydrogen-bond donors (Lipinski definition) is 2. The number of aromatic nitrogens is 3. The summed E-state index contributed by atoms with van der Waals surface area (Å²) in [5.74, 6) is 0.0525. The Morgan fingerprint density at radius 3 is 2.45 bits per heavy atom. The molecule has 0 unspecified atom stereocenters. The molecule has 3 aromatic rings. The van der Waals surface area contributed by atoms with Gasteiger partial charge in [0.15, 0.2) is 11.5 Å². The van der Waals surface area contributed by atoms with Gasteiger partial charge < -0.3 is 15.4 Å². The van der Waals surface area contributed by atoms with Crippen LogP contribution in [-0.4, -0.2) is 33.5 Å². The fourth-order valence-electron chi connectivity index (χ4n) is 3.00. The van der Waals surface area contributed by atoms with Gasteiger partial charge in [0.25, 0.3) is 0 Å². The highest BCUT2D eigenvalue weighted by atomic mass is 19.4. The number of fused-ring (bicyclic) bond motifs is 1. The van der Waals surface area contributed by atoms with Crippen LogP contribution in [0.25, 0.3) is 5.65 Å². The molecule has 0 saturated heterocycles. The van der Waals surface area contributed by atoms with Gasteiger partial charge in [0.1, 0.15) is 5.75 Å². The molecule has 1 aromatic carbocycles. The van der Waals surface area contributed by atoms with Crippen LogP contribution >= 0.6 is 0 Å². The van der Waals surface area contributed by atoms with Crippen molar-refractivity contribution in [2.24, 2.45) is 0 Å². The third-order valence-corrected chi connectivity index (χ3v) is 4.53. The molecule has 2 amide bonds. The summed E-state index contributed by atoms with van der Waals surface area (Å²) in [6.07, 6.45) is -3.70. The van der Waals surface area contributed by atoms with Crippen molar-refractivity contribution >= 4 is 17.5 Å². The van der Waals surface area contributed by atoms with E-state index in [1.54, 1.807) is 24.3 Å². The molecule has 0 bridgehead atoms. The SMILES string of the molecule is COc1ccc([C@H](CC(=O)NCc2nnc3ccc(C(F)(F)F)cn23)NC(C)=O)cc1. The van der Waals surface area contributed by atoms with E-state index in [0.717, 1.165) is 12.3 Å². The lowest BCUT2D eigenvalue weighted by atomic mass is 10.0. The highest BCUT2D eigenvalue weighted by Crippen LogP contribution is 2.29. The highest BCUT2D eigenvalue weighted by molar-refractivity contribution is 5.79. The molecule has 2 aromatic heterocycles. The summed E-state index contributed by atoms with van der Waals surface area (Å²) in [7, 11) is 1.53. The van der Waals surface area contributed by atoms with E-state index in [0.29, 0.717) is 11.3 Å². The van der Waals surface area contributed by atoms with Crippen LogP contribution in [0.1, 0.15) is 36.3 Å². The number of nitrogens with one attached hydrogen (secondary N) is 2. The van der Waals surface area contributed by atoms with E-state index in [2.05, 4.69) is 20.8 Å². The zero-order chi connectivity index (χ0) is 22.6. The molecule has 3 rings (SSSR count). The number of carbonyl (C=O) groups is 2. The normalized spacial score (nSPS) is 12.4. The predicted octanol–water partition coefficient (Wildman–Crippen LogP) is 2.64. The van der Waals surface area contributed by atoms with Gasteiger partial charge in [0.2, 0.25) is 11.8 Å². The molecule has 0 spiro atoms. The van der Waals surface area contributed by atoms with Crippen LogP contribution in [0.3, 0.4) is 0 Å². The summed E-state index contributed by atoms with van der Waals surface area (Å²) in [6.45, 7) is 1.21. The second-order valence-corrected chi connectivity index (χ2v) is 6.77. The number of amides is 2. The van der Waals surface area contributed by atoms with Crippen molar-refractivity contribution in [2.45, 2.75) is 32.1 Å². The number of rotatable bonds is 7. The third-order valence-electron chi connectivity index (χ3n) is 4.53. The zero-order valence-electron chi connectivity index (χ0n) is 16.7. The van der Waals surface area contributed by atoms with E-state index in [4.69, 9.17) is 4.74 Å². The van der Waals surface area contributed by atoms with Crippen LogP contribution in [0.15, 0.2) is 42.6 Å². The number of methoxy groups -OCH3 is 1. The summed E-state index contributed by atoms with van der Waals surface area (Å²) < 4.78 is 45.2. The van der Waals surface area contributed by atoms with Crippen LogP contribution < -0.4 is 15.4 Å². The molecule has 0 saturated carbocycles. The fraction of sp³-hybridized carbons (Fsp3) is 0.300. The number of hydrogen-bond acceptors (Lipinski definition) is 5. The van der Waals surface area contributed by atoms with Gasteiger partial charge in [0.05, 0.1) is 31.7 Å². The minimum absolute atomic E-state index is 0.0730. The van der Waals surface area contributed by atoms with Crippen LogP contribution in [0.5, 0.6) is 5.75 Å².